The Hall–Kier alpha value is -2.83. The van der Waals surface area contributed by atoms with E-state index in [1.807, 2.05) is 0 Å². The molecule has 0 bridgehead atoms. The fraction of sp³-hybridized carbons (Fsp3) is 0.250. The van der Waals surface area contributed by atoms with Crippen molar-refractivity contribution >= 4 is 11.8 Å². The van der Waals surface area contributed by atoms with Crippen LogP contribution in [0.2, 0.25) is 0 Å². The van der Waals surface area contributed by atoms with E-state index in [0.29, 0.717) is 17.0 Å². The molecule has 2 amide bonds. The van der Waals surface area contributed by atoms with Gasteiger partial charge in [0.05, 0.1) is 18.4 Å². The van der Waals surface area contributed by atoms with Crippen molar-refractivity contribution in [1.82, 2.24) is 14.9 Å². The number of pyridine rings is 2. The lowest BCUT2D eigenvalue weighted by molar-refractivity contribution is -0.138. The van der Waals surface area contributed by atoms with Gasteiger partial charge in [-0.15, -0.1) is 0 Å². The normalized spacial score (nSPS) is 14.4. The molecule has 2 aromatic heterocycles. The van der Waals surface area contributed by atoms with Crippen molar-refractivity contribution in [2.24, 2.45) is 0 Å². The summed E-state index contributed by atoms with van der Waals surface area (Å²) in [5.74, 6) is -0.325. The van der Waals surface area contributed by atoms with Gasteiger partial charge in [0, 0.05) is 24.6 Å². The van der Waals surface area contributed by atoms with Crippen LogP contribution in [0.15, 0.2) is 36.7 Å². The third-order valence-electron chi connectivity index (χ3n) is 3.50. The Bertz CT molecular complexity index is 700. The maximum absolute atomic E-state index is 12.8. The molecule has 1 saturated heterocycles. The first-order valence-electron chi connectivity index (χ1n) is 7.17. The van der Waals surface area contributed by atoms with E-state index >= 15 is 0 Å². The van der Waals surface area contributed by atoms with Gasteiger partial charge in [0.15, 0.2) is 0 Å². The average molecular weight is 315 g/mol. The molecule has 0 saturated carbocycles. The van der Waals surface area contributed by atoms with E-state index in [2.05, 4.69) is 9.97 Å². The molecule has 0 unspecified atom stereocenters. The monoisotopic (exact) mass is 315 g/mol. The average Bonchev–Trinajstić information content (AvgIpc) is 2.88. The zero-order chi connectivity index (χ0) is 16.2. The van der Waals surface area contributed by atoms with E-state index in [1.54, 1.807) is 18.2 Å². The van der Waals surface area contributed by atoms with Gasteiger partial charge in [-0.25, -0.2) is 4.98 Å². The number of rotatable bonds is 5. The van der Waals surface area contributed by atoms with Crippen molar-refractivity contribution in [1.29, 1.82) is 0 Å². The van der Waals surface area contributed by atoms with Crippen LogP contribution >= 0.6 is 0 Å². The molecule has 3 heterocycles. The van der Waals surface area contributed by atoms with Crippen LogP contribution in [-0.4, -0.2) is 39.8 Å². The van der Waals surface area contributed by atoms with Crippen LogP contribution < -0.4 is 4.74 Å². The molecule has 0 spiro atoms. The molecule has 7 heteroatoms. The Morgan fingerprint density at radius 2 is 1.83 bits per heavy atom. The van der Waals surface area contributed by atoms with Crippen molar-refractivity contribution in [3.63, 3.8) is 0 Å². The number of imide groups is 1. The van der Waals surface area contributed by atoms with Crippen molar-refractivity contribution in [3.05, 3.63) is 42.6 Å². The molecule has 118 valence electrons. The first kappa shape index (κ1) is 15.1. The highest BCUT2D eigenvalue weighted by Crippen LogP contribution is 2.19. The molecule has 0 atom stereocenters. The molecule has 6 nitrogen and oxygen atoms in total. The summed E-state index contributed by atoms with van der Waals surface area (Å²) in [5.41, 5.74) is 1.35. The second-order valence-corrected chi connectivity index (χ2v) is 5.04. The van der Waals surface area contributed by atoms with E-state index in [4.69, 9.17) is 4.74 Å². The lowest BCUT2D eigenvalue weighted by Crippen LogP contribution is -2.33. The SMILES string of the molecule is O=C1CCC(=O)N1CCOc1ccc(-c2ccc(F)nc2)nc1. The molecule has 2 aromatic rings. The molecule has 23 heavy (non-hydrogen) atoms. The second-order valence-electron chi connectivity index (χ2n) is 5.04. The van der Waals surface area contributed by atoms with Gasteiger partial charge in [0.2, 0.25) is 17.8 Å². The van der Waals surface area contributed by atoms with Crippen LogP contribution in [0.1, 0.15) is 12.8 Å². The molecule has 0 aromatic carbocycles. The van der Waals surface area contributed by atoms with Gasteiger partial charge in [-0.1, -0.05) is 0 Å². The Morgan fingerprint density at radius 1 is 1.04 bits per heavy atom. The van der Waals surface area contributed by atoms with Gasteiger partial charge in [-0.3, -0.25) is 19.5 Å². The van der Waals surface area contributed by atoms with Crippen LogP contribution in [-0.2, 0) is 9.59 Å². The second kappa shape index (κ2) is 6.51. The third kappa shape index (κ3) is 3.50. The lowest BCUT2D eigenvalue weighted by atomic mass is 10.2. The van der Waals surface area contributed by atoms with Gasteiger partial charge in [0.25, 0.3) is 0 Å². The van der Waals surface area contributed by atoms with Crippen LogP contribution in [0.4, 0.5) is 4.39 Å². The zero-order valence-corrected chi connectivity index (χ0v) is 12.2. The number of hydrogen-bond acceptors (Lipinski definition) is 5. The van der Waals surface area contributed by atoms with E-state index in [-0.39, 0.29) is 37.8 Å². The number of nitrogens with zero attached hydrogens (tertiary/aromatic N) is 3. The first-order valence-corrected chi connectivity index (χ1v) is 7.17. The van der Waals surface area contributed by atoms with E-state index in [0.717, 1.165) is 0 Å². The summed E-state index contributed by atoms with van der Waals surface area (Å²) < 4.78 is 18.3. The fourth-order valence-electron chi connectivity index (χ4n) is 2.29. The maximum atomic E-state index is 12.8. The first-order chi connectivity index (χ1) is 11.1. The van der Waals surface area contributed by atoms with Crippen molar-refractivity contribution in [2.75, 3.05) is 13.2 Å². The predicted molar refractivity (Wildman–Crippen MR) is 78.9 cm³/mol. The smallest absolute Gasteiger partial charge is 0.229 e. The van der Waals surface area contributed by atoms with E-state index < -0.39 is 5.95 Å². The topological polar surface area (TPSA) is 72.4 Å². The molecule has 0 N–H and O–H groups in total. The van der Waals surface area contributed by atoms with Crippen LogP contribution in [0, 0.1) is 5.95 Å². The fourth-order valence-corrected chi connectivity index (χ4v) is 2.29. The molecule has 1 aliphatic rings. The van der Waals surface area contributed by atoms with Gasteiger partial charge in [-0.2, -0.15) is 4.39 Å². The van der Waals surface area contributed by atoms with Gasteiger partial charge >= 0.3 is 0 Å². The van der Waals surface area contributed by atoms with E-state index in [9.17, 15) is 14.0 Å². The van der Waals surface area contributed by atoms with Crippen LogP contribution in [0.25, 0.3) is 11.3 Å². The molecule has 0 radical (unpaired) electrons. The summed E-state index contributed by atoms with van der Waals surface area (Å²) in [6.45, 7) is 0.456. The number of carbonyl (C=O) groups excluding carboxylic acids is 2. The highest BCUT2D eigenvalue weighted by Gasteiger charge is 2.28. The Kier molecular flexibility index (Phi) is 4.27. The number of ether oxygens (including phenoxy) is 1. The number of aromatic nitrogens is 2. The lowest BCUT2D eigenvalue weighted by Gasteiger charge is -2.14. The summed E-state index contributed by atoms with van der Waals surface area (Å²) >= 11 is 0. The Labute approximate surface area is 131 Å². The highest BCUT2D eigenvalue weighted by molar-refractivity contribution is 6.01. The summed E-state index contributed by atoms with van der Waals surface area (Å²) in [7, 11) is 0. The molecule has 1 aliphatic heterocycles. The van der Waals surface area contributed by atoms with Gasteiger partial charge in [-0.05, 0) is 24.3 Å². The minimum atomic E-state index is -0.542. The molecule has 3 rings (SSSR count). The minimum Gasteiger partial charge on any atom is -0.490 e. The summed E-state index contributed by atoms with van der Waals surface area (Å²) in [6, 6.07) is 6.32. The number of likely N-dealkylation sites (tertiary alicyclic amines) is 1. The van der Waals surface area contributed by atoms with Gasteiger partial charge in [0.1, 0.15) is 12.4 Å². The minimum absolute atomic E-state index is 0.157. The van der Waals surface area contributed by atoms with Crippen LogP contribution in [0.5, 0.6) is 5.75 Å². The summed E-state index contributed by atoms with van der Waals surface area (Å²) in [4.78, 5) is 31.9. The standard InChI is InChI=1S/C16H14FN3O3/c17-14-4-1-11(9-19-14)13-3-2-12(10-18-13)23-8-7-20-15(21)5-6-16(20)22/h1-4,9-10H,5-8H2. The van der Waals surface area contributed by atoms with Gasteiger partial charge < -0.3 is 4.74 Å². The van der Waals surface area contributed by atoms with Crippen molar-refractivity contribution in [2.45, 2.75) is 12.8 Å². The largest absolute Gasteiger partial charge is 0.490 e. The molecular formula is C16H14FN3O3. The Balaban J connectivity index is 1.56. The van der Waals surface area contributed by atoms with Crippen molar-refractivity contribution in [3.8, 4) is 17.0 Å². The number of hydrogen-bond donors (Lipinski definition) is 0. The molecule has 1 fully saturated rings. The number of carbonyl (C=O) groups is 2. The Morgan fingerprint density at radius 3 is 2.43 bits per heavy atom. The molecule has 0 aliphatic carbocycles. The highest BCUT2D eigenvalue weighted by atomic mass is 19.1. The zero-order valence-electron chi connectivity index (χ0n) is 12.2. The number of halogens is 1. The predicted octanol–water partition coefficient (Wildman–Crippen LogP) is 1.81. The maximum Gasteiger partial charge on any atom is 0.229 e. The number of amides is 2. The quantitative estimate of drug-likeness (QED) is 0.621. The van der Waals surface area contributed by atoms with E-state index in [1.165, 1.54) is 23.4 Å². The molecular weight excluding hydrogens is 301 g/mol. The summed E-state index contributed by atoms with van der Waals surface area (Å²) in [6.07, 6.45) is 3.50. The third-order valence-corrected chi connectivity index (χ3v) is 3.50. The summed E-state index contributed by atoms with van der Waals surface area (Å²) in [5, 5.41) is 0. The van der Waals surface area contributed by atoms with Crippen molar-refractivity contribution < 1.29 is 18.7 Å². The van der Waals surface area contributed by atoms with Crippen LogP contribution in [0.3, 0.4) is 0 Å².